The molecule has 1 aliphatic rings. The molecule has 0 aliphatic heterocycles. The number of anilines is 1. The first-order chi connectivity index (χ1) is 10.2. The summed E-state index contributed by atoms with van der Waals surface area (Å²) in [4.78, 5) is 6.61. The van der Waals surface area contributed by atoms with Gasteiger partial charge in [-0.1, -0.05) is 24.3 Å². The Kier molecular flexibility index (Phi) is 4.15. The van der Waals surface area contributed by atoms with Gasteiger partial charge in [0.2, 0.25) is 0 Å². The van der Waals surface area contributed by atoms with Crippen molar-refractivity contribution in [2.45, 2.75) is 32.0 Å². The van der Waals surface area contributed by atoms with Crippen molar-refractivity contribution in [3.63, 3.8) is 0 Å². The summed E-state index contributed by atoms with van der Waals surface area (Å²) in [6.45, 7) is 1.31. The zero-order valence-electron chi connectivity index (χ0n) is 12.2. The van der Waals surface area contributed by atoms with Crippen molar-refractivity contribution in [1.82, 2.24) is 10.3 Å². The van der Waals surface area contributed by atoms with Crippen LogP contribution in [0.1, 0.15) is 24.1 Å². The highest BCUT2D eigenvalue weighted by Crippen LogP contribution is 2.20. The van der Waals surface area contributed by atoms with Gasteiger partial charge in [-0.25, -0.2) is 9.37 Å². The lowest BCUT2D eigenvalue weighted by Gasteiger charge is -2.19. The van der Waals surface area contributed by atoms with E-state index in [2.05, 4.69) is 10.3 Å². The van der Waals surface area contributed by atoms with Crippen molar-refractivity contribution in [3.8, 4) is 0 Å². The van der Waals surface area contributed by atoms with Gasteiger partial charge >= 0.3 is 0 Å². The lowest BCUT2D eigenvalue weighted by atomic mass is 10.2. The average Bonchev–Trinajstić information content (AvgIpc) is 3.32. The summed E-state index contributed by atoms with van der Waals surface area (Å²) in [7, 11) is 1.94. The summed E-state index contributed by atoms with van der Waals surface area (Å²) >= 11 is 0. The molecule has 3 rings (SSSR count). The Balaban J connectivity index is 1.67. The molecule has 2 aromatic rings. The van der Waals surface area contributed by atoms with Crippen LogP contribution in [-0.2, 0) is 13.1 Å². The number of benzene rings is 1. The van der Waals surface area contributed by atoms with E-state index in [9.17, 15) is 4.39 Å². The van der Waals surface area contributed by atoms with E-state index in [1.807, 2.05) is 42.3 Å². The van der Waals surface area contributed by atoms with Crippen LogP contribution < -0.4 is 10.2 Å². The van der Waals surface area contributed by atoms with Crippen molar-refractivity contribution in [1.29, 1.82) is 0 Å². The Morgan fingerprint density at radius 3 is 2.76 bits per heavy atom. The van der Waals surface area contributed by atoms with Crippen LogP contribution in [0.3, 0.4) is 0 Å². The van der Waals surface area contributed by atoms with Crippen molar-refractivity contribution < 1.29 is 4.39 Å². The second kappa shape index (κ2) is 6.22. The average molecular weight is 285 g/mol. The number of pyridine rings is 1. The van der Waals surface area contributed by atoms with E-state index in [0.29, 0.717) is 18.2 Å². The summed E-state index contributed by atoms with van der Waals surface area (Å²) in [5.74, 6) is 0.698. The van der Waals surface area contributed by atoms with Gasteiger partial charge in [-0.05, 0) is 31.0 Å². The first-order valence-electron chi connectivity index (χ1n) is 7.36. The molecule has 0 spiro atoms. The molecule has 1 fully saturated rings. The van der Waals surface area contributed by atoms with Crippen LogP contribution in [0, 0.1) is 5.82 Å². The molecule has 0 unspecified atom stereocenters. The molecule has 1 aromatic heterocycles. The van der Waals surface area contributed by atoms with E-state index in [-0.39, 0.29) is 5.82 Å². The maximum absolute atomic E-state index is 13.7. The summed E-state index contributed by atoms with van der Waals surface area (Å²) in [5.41, 5.74) is 1.71. The van der Waals surface area contributed by atoms with Crippen LogP contribution in [-0.4, -0.2) is 18.1 Å². The number of halogens is 1. The Labute approximate surface area is 124 Å². The lowest BCUT2D eigenvalue weighted by Crippen LogP contribution is -2.20. The van der Waals surface area contributed by atoms with E-state index < -0.39 is 0 Å². The molecule has 21 heavy (non-hydrogen) atoms. The molecule has 110 valence electrons. The second-order valence-corrected chi connectivity index (χ2v) is 5.59. The minimum absolute atomic E-state index is 0.170. The lowest BCUT2D eigenvalue weighted by molar-refractivity contribution is 0.607. The van der Waals surface area contributed by atoms with Gasteiger partial charge in [-0.15, -0.1) is 0 Å². The molecule has 1 saturated carbocycles. The summed E-state index contributed by atoms with van der Waals surface area (Å²) in [6, 6.07) is 13.5. The Hall–Kier alpha value is -1.94. The number of hydrogen-bond acceptors (Lipinski definition) is 3. The molecule has 4 heteroatoms. The third-order valence-electron chi connectivity index (χ3n) is 3.70. The molecule has 0 radical (unpaired) electrons. The molecule has 0 amide bonds. The van der Waals surface area contributed by atoms with E-state index in [1.54, 1.807) is 6.07 Å². The predicted octanol–water partition coefficient (Wildman–Crippen LogP) is 3.11. The first kappa shape index (κ1) is 14.0. The zero-order chi connectivity index (χ0) is 14.7. The largest absolute Gasteiger partial charge is 0.355 e. The topological polar surface area (TPSA) is 28.2 Å². The smallest absolute Gasteiger partial charge is 0.128 e. The number of aromatic nitrogens is 1. The molecule has 1 aromatic carbocycles. The van der Waals surface area contributed by atoms with Gasteiger partial charge in [0.05, 0.1) is 5.69 Å². The molecule has 0 bridgehead atoms. The zero-order valence-corrected chi connectivity index (χ0v) is 12.2. The van der Waals surface area contributed by atoms with Gasteiger partial charge in [0, 0.05) is 31.7 Å². The van der Waals surface area contributed by atoms with Crippen molar-refractivity contribution in [2.24, 2.45) is 0 Å². The van der Waals surface area contributed by atoms with Crippen molar-refractivity contribution >= 4 is 5.82 Å². The Morgan fingerprint density at radius 1 is 1.19 bits per heavy atom. The van der Waals surface area contributed by atoms with E-state index in [4.69, 9.17) is 0 Å². The van der Waals surface area contributed by atoms with Crippen LogP contribution in [0.15, 0.2) is 42.5 Å². The van der Waals surface area contributed by atoms with E-state index in [1.165, 1.54) is 18.9 Å². The molecular weight excluding hydrogens is 265 g/mol. The van der Waals surface area contributed by atoms with E-state index in [0.717, 1.165) is 18.1 Å². The minimum Gasteiger partial charge on any atom is -0.355 e. The van der Waals surface area contributed by atoms with Crippen LogP contribution in [0.5, 0.6) is 0 Å². The number of nitrogens with zero attached hydrogens (tertiary/aromatic N) is 2. The molecule has 1 heterocycles. The second-order valence-electron chi connectivity index (χ2n) is 5.59. The van der Waals surface area contributed by atoms with Crippen LogP contribution in [0.2, 0.25) is 0 Å². The Morgan fingerprint density at radius 2 is 2.00 bits per heavy atom. The maximum Gasteiger partial charge on any atom is 0.128 e. The molecule has 1 aliphatic carbocycles. The van der Waals surface area contributed by atoms with Gasteiger partial charge in [0.25, 0.3) is 0 Å². The summed E-state index contributed by atoms with van der Waals surface area (Å²) in [5, 5.41) is 3.46. The van der Waals surface area contributed by atoms with Crippen molar-refractivity contribution in [2.75, 3.05) is 11.9 Å². The summed E-state index contributed by atoms with van der Waals surface area (Å²) in [6.07, 6.45) is 2.54. The van der Waals surface area contributed by atoms with Crippen LogP contribution in [0.25, 0.3) is 0 Å². The summed E-state index contributed by atoms with van der Waals surface area (Å²) < 4.78 is 13.7. The van der Waals surface area contributed by atoms with E-state index >= 15 is 0 Å². The number of rotatable bonds is 6. The third-order valence-corrected chi connectivity index (χ3v) is 3.70. The van der Waals surface area contributed by atoms with Crippen molar-refractivity contribution in [3.05, 3.63) is 59.5 Å². The highest BCUT2D eigenvalue weighted by molar-refractivity contribution is 5.39. The molecule has 3 nitrogen and oxygen atoms in total. The van der Waals surface area contributed by atoms with Gasteiger partial charge in [0.1, 0.15) is 11.6 Å². The Bertz CT molecular complexity index is 610. The minimum atomic E-state index is -0.170. The molecular formula is C17H20FN3. The normalized spacial score (nSPS) is 14.2. The third kappa shape index (κ3) is 3.79. The van der Waals surface area contributed by atoms with Crippen LogP contribution >= 0.6 is 0 Å². The standard InChI is InChI=1S/C17H20FN3/c1-21(12-13-5-2-3-7-16(13)18)17-8-4-6-15(20-17)11-19-14-9-10-14/h2-8,14,19H,9-12H2,1H3. The highest BCUT2D eigenvalue weighted by atomic mass is 19.1. The van der Waals surface area contributed by atoms with Crippen LogP contribution in [0.4, 0.5) is 10.2 Å². The van der Waals surface area contributed by atoms with Gasteiger partial charge in [-0.2, -0.15) is 0 Å². The highest BCUT2D eigenvalue weighted by Gasteiger charge is 2.20. The fourth-order valence-corrected chi connectivity index (χ4v) is 2.28. The number of hydrogen-bond donors (Lipinski definition) is 1. The predicted molar refractivity (Wildman–Crippen MR) is 82.6 cm³/mol. The van der Waals surface area contributed by atoms with Gasteiger partial charge in [0.15, 0.2) is 0 Å². The monoisotopic (exact) mass is 285 g/mol. The molecule has 0 saturated heterocycles. The fourth-order valence-electron chi connectivity index (χ4n) is 2.28. The SMILES string of the molecule is CN(Cc1ccccc1F)c1cccc(CNC2CC2)n1. The fraction of sp³-hybridized carbons (Fsp3) is 0.353. The quantitative estimate of drug-likeness (QED) is 0.884. The maximum atomic E-state index is 13.7. The first-order valence-corrected chi connectivity index (χ1v) is 7.36. The number of nitrogens with one attached hydrogen (secondary N) is 1. The molecule has 0 atom stereocenters. The molecule has 1 N–H and O–H groups in total. The van der Waals surface area contributed by atoms with Gasteiger partial charge < -0.3 is 10.2 Å². The van der Waals surface area contributed by atoms with Gasteiger partial charge in [-0.3, -0.25) is 0 Å².